The number of hydrogen-bond donors (Lipinski definition) is 0. The molecular weight excluding hydrogens is 389 g/mol. The molecule has 0 saturated carbocycles. The van der Waals surface area contributed by atoms with Crippen molar-refractivity contribution < 1.29 is 23.6 Å². The summed E-state index contributed by atoms with van der Waals surface area (Å²) in [5.41, 5.74) is 2.67. The highest BCUT2D eigenvalue weighted by atomic mass is 19.1. The van der Waals surface area contributed by atoms with Gasteiger partial charge >= 0.3 is 5.97 Å². The average Bonchev–Trinajstić information content (AvgIpc) is 3.39. The average molecular weight is 405 g/mol. The van der Waals surface area contributed by atoms with Crippen molar-refractivity contribution in [1.29, 1.82) is 0 Å². The molecule has 0 radical (unpaired) electrons. The van der Waals surface area contributed by atoms with Gasteiger partial charge in [-0.1, -0.05) is 29.3 Å². The highest BCUT2D eigenvalue weighted by Crippen LogP contribution is 2.31. The molecule has 2 aliphatic rings. The van der Waals surface area contributed by atoms with E-state index in [4.69, 9.17) is 4.84 Å². The lowest BCUT2D eigenvalue weighted by Gasteiger charge is -2.12. The van der Waals surface area contributed by atoms with Gasteiger partial charge in [-0.15, -0.1) is 0 Å². The van der Waals surface area contributed by atoms with Gasteiger partial charge < -0.3 is 4.84 Å². The Bertz CT molecular complexity index is 1190. The van der Waals surface area contributed by atoms with E-state index in [0.29, 0.717) is 29.0 Å². The van der Waals surface area contributed by atoms with Crippen LogP contribution in [0.3, 0.4) is 0 Å². The Kier molecular flexibility index (Phi) is 4.02. The Hall–Kier alpha value is -3.81. The lowest BCUT2D eigenvalue weighted by atomic mass is 10.1. The maximum Gasteiger partial charge on any atom is 0.384 e. The summed E-state index contributed by atoms with van der Waals surface area (Å²) in [6.45, 7) is 1.76. The SMILES string of the molecule is Cc1cccc(F)c1-n1nc(C(=O)ON2C(=O)c3ccccc3C2=O)c2c1CCC2. The van der Waals surface area contributed by atoms with Crippen molar-refractivity contribution >= 4 is 17.8 Å². The highest BCUT2D eigenvalue weighted by Gasteiger charge is 2.40. The number of imide groups is 1. The van der Waals surface area contributed by atoms with Crippen LogP contribution in [0.15, 0.2) is 42.5 Å². The topological polar surface area (TPSA) is 81.5 Å². The van der Waals surface area contributed by atoms with Crippen LogP contribution in [-0.4, -0.2) is 32.6 Å². The van der Waals surface area contributed by atoms with Gasteiger partial charge in [0, 0.05) is 11.3 Å². The van der Waals surface area contributed by atoms with E-state index in [9.17, 15) is 18.8 Å². The van der Waals surface area contributed by atoms with Crippen LogP contribution in [0.25, 0.3) is 5.69 Å². The number of nitrogens with zero attached hydrogens (tertiary/aromatic N) is 3. The molecule has 150 valence electrons. The van der Waals surface area contributed by atoms with Gasteiger partial charge in [-0.3, -0.25) is 9.59 Å². The van der Waals surface area contributed by atoms with Crippen molar-refractivity contribution in [2.75, 3.05) is 0 Å². The molecule has 5 rings (SSSR count). The van der Waals surface area contributed by atoms with Gasteiger partial charge in [-0.25, -0.2) is 13.9 Å². The predicted molar refractivity (Wildman–Crippen MR) is 103 cm³/mol. The van der Waals surface area contributed by atoms with Crippen molar-refractivity contribution in [2.45, 2.75) is 26.2 Å². The number of fused-ring (bicyclic) bond motifs is 2. The van der Waals surface area contributed by atoms with Gasteiger partial charge in [-0.05, 0) is 49.9 Å². The number of hydroxylamine groups is 2. The summed E-state index contributed by atoms with van der Waals surface area (Å²) in [6, 6.07) is 10.9. The zero-order valence-corrected chi connectivity index (χ0v) is 16.0. The van der Waals surface area contributed by atoms with Gasteiger partial charge in [0.05, 0.1) is 11.1 Å². The first kappa shape index (κ1) is 18.2. The Morgan fingerprint density at radius 3 is 2.40 bits per heavy atom. The van der Waals surface area contributed by atoms with E-state index in [1.54, 1.807) is 31.2 Å². The zero-order chi connectivity index (χ0) is 21.0. The molecule has 0 unspecified atom stereocenters. The lowest BCUT2D eigenvalue weighted by Crippen LogP contribution is -2.33. The number of rotatable bonds is 3. The highest BCUT2D eigenvalue weighted by molar-refractivity contribution is 6.21. The van der Waals surface area contributed by atoms with Crippen LogP contribution < -0.4 is 0 Å². The van der Waals surface area contributed by atoms with Gasteiger partial charge in [0.25, 0.3) is 11.8 Å². The van der Waals surface area contributed by atoms with Gasteiger partial charge in [0.2, 0.25) is 0 Å². The standard InChI is InChI=1S/C22H16FN3O4/c1-12-6-4-10-16(23)19(12)25-17-11-5-9-15(17)18(24-25)22(29)30-26-20(27)13-7-2-3-8-14(13)21(26)28/h2-4,6-8,10H,5,9,11H2,1H3. The molecule has 0 spiro atoms. The molecule has 2 aromatic carbocycles. The number of hydrogen-bond acceptors (Lipinski definition) is 5. The smallest absolute Gasteiger partial charge is 0.322 e. The van der Waals surface area contributed by atoms with Crippen molar-refractivity contribution in [3.8, 4) is 5.69 Å². The van der Waals surface area contributed by atoms with Crippen molar-refractivity contribution in [2.24, 2.45) is 0 Å². The lowest BCUT2D eigenvalue weighted by molar-refractivity contribution is -0.0589. The summed E-state index contributed by atoms with van der Waals surface area (Å²) in [6.07, 6.45) is 2.00. The van der Waals surface area contributed by atoms with Gasteiger partial charge in [-0.2, -0.15) is 5.10 Å². The van der Waals surface area contributed by atoms with E-state index in [2.05, 4.69) is 5.10 Å². The Balaban J connectivity index is 1.51. The fraction of sp³-hybridized carbons (Fsp3) is 0.182. The normalized spacial score (nSPS) is 14.8. The molecule has 1 aliphatic carbocycles. The van der Waals surface area contributed by atoms with Gasteiger partial charge in [0.1, 0.15) is 11.5 Å². The molecule has 0 atom stereocenters. The Morgan fingerprint density at radius 2 is 1.73 bits per heavy atom. The number of benzene rings is 2. The molecule has 0 fully saturated rings. The van der Waals surface area contributed by atoms with E-state index >= 15 is 0 Å². The van der Waals surface area contributed by atoms with Crippen LogP contribution in [0, 0.1) is 12.7 Å². The molecule has 30 heavy (non-hydrogen) atoms. The monoisotopic (exact) mass is 405 g/mol. The molecule has 1 aliphatic heterocycles. The minimum Gasteiger partial charge on any atom is -0.322 e. The van der Waals surface area contributed by atoms with Crippen LogP contribution in [0.1, 0.15) is 54.4 Å². The third-order valence-corrected chi connectivity index (χ3v) is 5.45. The van der Waals surface area contributed by atoms with Crippen LogP contribution in [-0.2, 0) is 17.7 Å². The number of carbonyl (C=O) groups is 3. The second-order valence-electron chi connectivity index (χ2n) is 7.27. The second-order valence-corrected chi connectivity index (χ2v) is 7.27. The molecule has 0 saturated heterocycles. The third-order valence-electron chi connectivity index (χ3n) is 5.45. The van der Waals surface area contributed by atoms with E-state index in [1.807, 2.05) is 0 Å². The first-order valence-corrected chi connectivity index (χ1v) is 9.53. The van der Waals surface area contributed by atoms with Crippen LogP contribution >= 0.6 is 0 Å². The Labute approximate surface area is 170 Å². The molecule has 7 nitrogen and oxygen atoms in total. The first-order chi connectivity index (χ1) is 14.5. The summed E-state index contributed by atoms with van der Waals surface area (Å²) in [7, 11) is 0. The maximum atomic E-state index is 14.5. The summed E-state index contributed by atoms with van der Waals surface area (Å²) in [5.74, 6) is -2.78. The predicted octanol–water partition coefficient (Wildman–Crippen LogP) is 3.18. The minimum absolute atomic E-state index is 0.0123. The largest absolute Gasteiger partial charge is 0.384 e. The summed E-state index contributed by atoms with van der Waals surface area (Å²) >= 11 is 0. The zero-order valence-electron chi connectivity index (χ0n) is 16.0. The summed E-state index contributed by atoms with van der Waals surface area (Å²) in [5, 5.41) is 4.78. The van der Waals surface area contributed by atoms with E-state index < -0.39 is 23.6 Å². The fourth-order valence-electron chi connectivity index (χ4n) is 4.05. The Morgan fingerprint density at radius 1 is 1.03 bits per heavy atom. The molecule has 2 heterocycles. The molecule has 8 heteroatoms. The van der Waals surface area contributed by atoms with Crippen molar-refractivity contribution in [3.63, 3.8) is 0 Å². The van der Waals surface area contributed by atoms with E-state index in [0.717, 1.165) is 12.1 Å². The van der Waals surface area contributed by atoms with Crippen molar-refractivity contribution in [3.05, 3.63) is 81.9 Å². The molecular formula is C22H16FN3O4. The fourth-order valence-corrected chi connectivity index (χ4v) is 4.05. The minimum atomic E-state index is -0.921. The number of amides is 2. The molecule has 2 amide bonds. The maximum absolute atomic E-state index is 14.5. The van der Waals surface area contributed by atoms with Crippen LogP contribution in [0.5, 0.6) is 0 Å². The third kappa shape index (κ3) is 2.57. The van der Waals surface area contributed by atoms with Gasteiger partial charge in [0.15, 0.2) is 5.69 Å². The first-order valence-electron chi connectivity index (χ1n) is 9.53. The van der Waals surface area contributed by atoms with E-state index in [1.165, 1.54) is 22.9 Å². The van der Waals surface area contributed by atoms with Crippen LogP contribution in [0.4, 0.5) is 4.39 Å². The summed E-state index contributed by atoms with van der Waals surface area (Å²) < 4.78 is 16.0. The summed E-state index contributed by atoms with van der Waals surface area (Å²) in [4.78, 5) is 43.0. The number of halogens is 1. The number of aromatic nitrogens is 2. The molecule has 0 N–H and O–H groups in total. The van der Waals surface area contributed by atoms with Crippen molar-refractivity contribution in [1.82, 2.24) is 14.8 Å². The van der Waals surface area contributed by atoms with E-state index in [-0.39, 0.29) is 22.5 Å². The molecule has 0 bridgehead atoms. The van der Waals surface area contributed by atoms with Crippen LogP contribution in [0.2, 0.25) is 0 Å². The second kappa shape index (κ2) is 6.62. The molecule has 1 aromatic heterocycles. The number of aryl methyl sites for hydroxylation is 1. The number of para-hydroxylation sites is 1. The number of carbonyl (C=O) groups excluding carboxylic acids is 3. The quantitative estimate of drug-likeness (QED) is 0.625. The molecule has 3 aromatic rings.